The van der Waals surface area contributed by atoms with Crippen molar-refractivity contribution in [3.05, 3.63) is 0 Å². The van der Waals surface area contributed by atoms with Crippen molar-refractivity contribution in [2.75, 3.05) is 13.2 Å². The van der Waals surface area contributed by atoms with Gasteiger partial charge in [-0.05, 0) is 6.42 Å². The van der Waals surface area contributed by atoms with E-state index in [1.807, 2.05) is 0 Å². The second kappa shape index (κ2) is 26.6. The number of rotatable bonds is 22. The average molecular weight is 477 g/mol. The molecule has 0 radical (unpaired) electrons. The molecular weight excluding hydrogens is 428 g/mol. The number of carbonyl (C=O) groups excluding carboxylic acids is 1. The zero-order valence-electron chi connectivity index (χ0n) is 20.6. The van der Waals surface area contributed by atoms with Crippen molar-refractivity contribution < 1.29 is 39.5 Å². The Kier molecular flexibility index (Phi) is 27.0. The Morgan fingerprint density at radius 2 is 1.03 bits per heavy atom. The summed E-state index contributed by atoms with van der Waals surface area (Å²) in [4.78, 5) is 31.0. The van der Waals surface area contributed by atoms with E-state index in [1.54, 1.807) is 0 Å². The number of esters is 1. The van der Waals surface area contributed by atoms with Crippen LogP contribution in [-0.4, -0.2) is 57.7 Å². The van der Waals surface area contributed by atoms with E-state index in [9.17, 15) is 14.4 Å². The fourth-order valence-corrected chi connectivity index (χ4v) is 3.17. The largest absolute Gasteiger partial charge is 0.481 e. The predicted molar refractivity (Wildman–Crippen MR) is 128 cm³/mol. The summed E-state index contributed by atoms with van der Waals surface area (Å²) in [6.45, 7) is 1.47. The molecule has 1 atom stereocenters. The number of hydrogen-bond acceptors (Lipinski definition) is 6. The smallest absolute Gasteiger partial charge is 0.306 e. The fourth-order valence-electron chi connectivity index (χ4n) is 3.17. The lowest BCUT2D eigenvalue weighted by molar-refractivity contribution is -0.150. The van der Waals surface area contributed by atoms with Crippen molar-refractivity contribution in [1.82, 2.24) is 0 Å². The van der Waals surface area contributed by atoms with Crippen molar-refractivity contribution >= 4 is 17.9 Å². The highest BCUT2D eigenvalue weighted by Crippen LogP contribution is 2.13. The molecule has 0 aromatic rings. The molecule has 0 aliphatic carbocycles. The number of ether oxygens (including phenoxy) is 1. The Hall–Kier alpha value is -1.67. The zero-order valence-corrected chi connectivity index (χ0v) is 20.6. The van der Waals surface area contributed by atoms with Gasteiger partial charge in [0.15, 0.2) is 0 Å². The lowest BCUT2D eigenvalue weighted by atomic mass is 10.0. The van der Waals surface area contributed by atoms with Gasteiger partial charge in [-0.3, -0.25) is 14.4 Å². The normalized spacial score (nSPS) is 11.4. The molecule has 0 fully saturated rings. The minimum absolute atomic E-state index is 0.229. The maximum absolute atomic E-state index is 10.7. The molecule has 0 aliphatic heterocycles. The van der Waals surface area contributed by atoms with E-state index < -0.39 is 30.6 Å². The number of carbonyl (C=O) groups is 3. The van der Waals surface area contributed by atoms with E-state index in [1.165, 1.54) is 83.5 Å². The van der Waals surface area contributed by atoms with E-state index in [0.29, 0.717) is 6.42 Å². The Morgan fingerprint density at radius 3 is 1.39 bits per heavy atom. The molecule has 0 heterocycles. The van der Waals surface area contributed by atoms with Gasteiger partial charge in [-0.1, -0.05) is 96.8 Å². The molecule has 0 aromatic heterocycles. The Balaban J connectivity index is 0. The first-order chi connectivity index (χ1) is 15.8. The summed E-state index contributed by atoms with van der Waals surface area (Å²) >= 11 is 0. The first-order valence-corrected chi connectivity index (χ1v) is 12.7. The predicted octanol–water partition coefficient (Wildman–Crippen LogP) is 5.08. The third-order valence-corrected chi connectivity index (χ3v) is 5.18. The van der Waals surface area contributed by atoms with Crippen LogP contribution >= 0.6 is 0 Å². The Labute approximate surface area is 199 Å². The van der Waals surface area contributed by atoms with Gasteiger partial charge in [-0.2, -0.15) is 0 Å². The van der Waals surface area contributed by atoms with Gasteiger partial charge in [0.25, 0.3) is 0 Å². The van der Waals surface area contributed by atoms with Gasteiger partial charge < -0.3 is 25.2 Å². The minimum atomic E-state index is -1.10. The molecule has 8 nitrogen and oxygen atoms in total. The number of aliphatic hydroxyl groups excluding tert-OH is 2. The van der Waals surface area contributed by atoms with Crippen LogP contribution in [-0.2, 0) is 19.1 Å². The quantitative estimate of drug-likeness (QED) is 0.125. The minimum Gasteiger partial charge on any atom is -0.481 e. The summed E-state index contributed by atoms with van der Waals surface area (Å²) in [5.74, 6) is -2.44. The van der Waals surface area contributed by atoms with Gasteiger partial charge in [-0.15, -0.1) is 0 Å². The summed E-state index contributed by atoms with van der Waals surface area (Å²) in [6.07, 6.45) is 18.6. The van der Waals surface area contributed by atoms with E-state index >= 15 is 0 Å². The van der Waals surface area contributed by atoms with Gasteiger partial charge in [-0.25, -0.2) is 0 Å². The second-order valence-corrected chi connectivity index (χ2v) is 8.51. The molecular formula is C25H48O8. The van der Waals surface area contributed by atoms with Crippen LogP contribution in [0.15, 0.2) is 0 Å². The fraction of sp³-hybridized carbons (Fsp3) is 0.880. The number of carboxylic acid groups (broad SMARTS) is 2. The first kappa shape index (κ1) is 33.5. The topological polar surface area (TPSA) is 141 Å². The van der Waals surface area contributed by atoms with Crippen molar-refractivity contribution in [3.8, 4) is 0 Å². The van der Waals surface area contributed by atoms with Crippen LogP contribution < -0.4 is 0 Å². The average Bonchev–Trinajstić information content (AvgIpc) is 2.78. The molecule has 0 aliphatic rings. The first-order valence-electron chi connectivity index (χ1n) is 12.7. The maximum atomic E-state index is 10.7. The SMILES string of the molecule is CCCCCCCCCCCCCCCCCC(=O)O.O=C(O)CCC(=O)OCC(O)CO. The van der Waals surface area contributed by atoms with Crippen LogP contribution in [0.3, 0.4) is 0 Å². The third-order valence-electron chi connectivity index (χ3n) is 5.18. The summed E-state index contributed by atoms with van der Waals surface area (Å²) < 4.78 is 4.43. The lowest BCUT2D eigenvalue weighted by Gasteiger charge is -2.07. The Bertz CT molecular complexity index is 467. The summed E-state index contributed by atoms with van der Waals surface area (Å²) in [7, 11) is 0. The van der Waals surface area contributed by atoms with Crippen LogP contribution in [0.5, 0.6) is 0 Å². The molecule has 196 valence electrons. The summed E-state index contributed by atoms with van der Waals surface area (Å²) in [5.41, 5.74) is 0. The van der Waals surface area contributed by atoms with Crippen molar-refractivity contribution in [2.24, 2.45) is 0 Å². The molecule has 0 saturated heterocycles. The number of aliphatic hydroxyl groups is 2. The molecule has 8 heteroatoms. The van der Waals surface area contributed by atoms with E-state index in [4.69, 9.17) is 20.4 Å². The zero-order chi connectivity index (χ0) is 25.2. The molecule has 0 rings (SSSR count). The number of carboxylic acids is 2. The van der Waals surface area contributed by atoms with Gasteiger partial charge >= 0.3 is 17.9 Å². The van der Waals surface area contributed by atoms with Gasteiger partial charge in [0.2, 0.25) is 0 Å². The number of hydrogen-bond donors (Lipinski definition) is 4. The number of aliphatic carboxylic acids is 2. The van der Waals surface area contributed by atoms with E-state index in [-0.39, 0.29) is 19.4 Å². The van der Waals surface area contributed by atoms with E-state index in [2.05, 4.69) is 11.7 Å². The Morgan fingerprint density at radius 1 is 0.636 bits per heavy atom. The van der Waals surface area contributed by atoms with Crippen molar-refractivity contribution in [3.63, 3.8) is 0 Å². The molecule has 0 bridgehead atoms. The molecule has 4 N–H and O–H groups in total. The van der Waals surface area contributed by atoms with Crippen LogP contribution in [0.2, 0.25) is 0 Å². The van der Waals surface area contributed by atoms with Crippen LogP contribution in [0.25, 0.3) is 0 Å². The third kappa shape index (κ3) is 32.6. The molecule has 1 unspecified atom stereocenters. The second-order valence-electron chi connectivity index (χ2n) is 8.51. The van der Waals surface area contributed by atoms with Crippen molar-refractivity contribution in [1.29, 1.82) is 0 Å². The highest BCUT2D eigenvalue weighted by molar-refractivity contribution is 5.76. The van der Waals surface area contributed by atoms with Crippen LogP contribution in [0.4, 0.5) is 0 Å². The van der Waals surface area contributed by atoms with Crippen molar-refractivity contribution in [2.45, 2.75) is 129 Å². The highest BCUT2D eigenvalue weighted by atomic mass is 16.5. The summed E-state index contributed by atoms with van der Waals surface area (Å²) in [6, 6.07) is 0. The molecule has 33 heavy (non-hydrogen) atoms. The van der Waals surface area contributed by atoms with Gasteiger partial charge in [0.1, 0.15) is 12.7 Å². The molecule has 0 aromatic carbocycles. The lowest BCUT2D eigenvalue weighted by Crippen LogP contribution is -2.22. The van der Waals surface area contributed by atoms with Crippen LogP contribution in [0, 0.1) is 0 Å². The highest BCUT2D eigenvalue weighted by Gasteiger charge is 2.09. The number of unbranched alkanes of at least 4 members (excludes halogenated alkanes) is 14. The molecule has 0 spiro atoms. The standard InChI is InChI=1S/C18H36O2.C7H12O6/c1-2-3-4-5-6-7-8-9-10-11-12-13-14-15-16-17-18(19)20;8-3-5(9)4-13-7(12)2-1-6(10)11/h2-17H2,1H3,(H,19,20);5,8-9H,1-4H2,(H,10,11). The molecule has 0 amide bonds. The van der Waals surface area contributed by atoms with Gasteiger partial charge in [0, 0.05) is 6.42 Å². The van der Waals surface area contributed by atoms with Gasteiger partial charge in [0.05, 0.1) is 19.4 Å². The maximum Gasteiger partial charge on any atom is 0.306 e. The van der Waals surface area contributed by atoms with E-state index in [0.717, 1.165) is 12.8 Å². The summed E-state index contributed by atoms with van der Waals surface area (Å²) in [5, 5.41) is 33.8. The monoisotopic (exact) mass is 476 g/mol. The molecule has 0 saturated carbocycles. The van der Waals surface area contributed by atoms with Crippen LogP contribution in [0.1, 0.15) is 122 Å².